The fourth-order valence-corrected chi connectivity index (χ4v) is 4.56. The molecule has 0 fully saturated rings. The Bertz CT molecular complexity index is 1160. The van der Waals surface area contributed by atoms with Gasteiger partial charge in [-0.1, -0.05) is 30.3 Å². The van der Waals surface area contributed by atoms with Crippen LogP contribution in [0.5, 0.6) is 0 Å². The number of para-hydroxylation sites is 2. The number of nitrogens with zero attached hydrogens (tertiary/aromatic N) is 1. The van der Waals surface area contributed by atoms with Crippen molar-refractivity contribution >= 4 is 33.1 Å². The third-order valence-corrected chi connectivity index (χ3v) is 6.51. The van der Waals surface area contributed by atoms with E-state index in [4.69, 9.17) is 0 Å². The van der Waals surface area contributed by atoms with Crippen LogP contribution in [0.2, 0.25) is 0 Å². The first kappa shape index (κ1) is 21.3. The third-order valence-electron chi connectivity index (χ3n) is 4.59. The molecule has 1 N–H and O–H groups in total. The molecule has 0 aliphatic heterocycles. The van der Waals surface area contributed by atoms with Gasteiger partial charge in [0, 0.05) is 17.7 Å². The maximum Gasteiger partial charge on any atom is 0.264 e. The Hall–Kier alpha value is -3.45. The lowest BCUT2D eigenvalue weighted by atomic mass is 10.1. The van der Waals surface area contributed by atoms with Crippen molar-refractivity contribution < 1.29 is 18.0 Å². The average molecular weight is 423 g/mol. The number of hydrogen-bond donors (Lipinski definition) is 1. The van der Waals surface area contributed by atoms with Crippen molar-refractivity contribution in [3.05, 3.63) is 90.0 Å². The molecule has 7 heteroatoms. The number of carbonyl (C=O) groups is 2. The molecule has 0 bridgehead atoms. The lowest BCUT2D eigenvalue weighted by molar-refractivity contribution is 0.101. The van der Waals surface area contributed by atoms with Crippen LogP contribution in [0.25, 0.3) is 0 Å². The highest BCUT2D eigenvalue weighted by atomic mass is 32.2. The predicted molar refractivity (Wildman–Crippen MR) is 117 cm³/mol. The van der Waals surface area contributed by atoms with Crippen LogP contribution < -0.4 is 9.62 Å². The Morgan fingerprint density at radius 1 is 0.867 bits per heavy atom. The second kappa shape index (κ2) is 8.92. The van der Waals surface area contributed by atoms with E-state index in [0.29, 0.717) is 16.9 Å². The summed E-state index contributed by atoms with van der Waals surface area (Å²) in [5.41, 5.74) is 1.68. The number of nitrogens with one attached hydrogen (secondary N) is 1. The quantitative estimate of drug-likeness (QED) is 0.574. The number of Topliss-reactive ketones (excluding diaryl/α,β-unsaturated/α-hetero) is 1. The summed E-state index contributed by atoms with van der Waals surface area (Å²) in [6.07, 6.45) is 0. The Morgan fingerprint density at radius 2 is 1.47 bits per heavy atom. The van der Waals surface area contributed by atoms with Gasteiger partial charge in [-0.2, -0.15) is 0 Å². The third kappa shape index (κ3) is 4.41. The highest BCUT2D eigenvalue weighted by Gasteiger charge is 2.23. The predicted octanol–water partition coefficient (Wildman–Crippen LogP) is 4.36. The van der Waals surface area contributed by atoms with Crippen molar-refractivity contribution in [3.63, 3.8) is 0 Å². The van der Waals surface area contributed by atoms with Gasteiger partial charge < -0.3 is 5.32 Å². The minimum Gasteiger partial charge on any atom is -0.321 e. The normalized spacial score (nSPS) is 11.0. The van der Waals surface area contributed by atoms with E-state index in [1.54, 1.807) is 55.5 Å². The van der Waals surface area contributed by atoms with E-state index in [-0.39, 0.29) is 22.8 Å². The number of carbonyl (C=O) groups excluding carboxylic acids is 2. The van der Waals surface area contributed by atoms with Gasteiger partial charge in [0.2, 0.25) is 0 Å². The van der Waals surface area contributed by atoms with Gasteiger partial charge in [0.25, 0.3) is 15.9 Å². The molecular formula is C23H22N2O4S. The second-order valence-corrected chi connectivity index (χ2v) is 8.45. The molecule has 3 rings (SSSR count). The molecule has 0 atom stereocenters. The largest absolute Gasteiger partial charge is 0.321 e. The van der Waals surface area contributed by atoms with E-state index in [2.05, 4.69) is 5.32 Å². The van der Waals surface area contributed by atoms with Crippen LogP contribution in [0.3, 0.4) is 0 Å². The van der Waals surface area contributed by atoms with Crippen molar-refractivity contribution in [2.75, 3.05) is 16.2 Å². The molecule has 0 saturated heterocycles. The Kier molecular flexibility index (Phi) is 6.32. The van der Waals surface area contributed by atoms with Gasteiger partial charge in [-0.05, 0) is 62.4 Å². The summed E-state index contributed by atoms with van der Waals surface area (Å²) in [5.74, 6) is -0.587. The van der Waals surface area contributed by atoms with E-state index in [1.165, 1.54) is 35.5 Å². The molecule has 0 unspecified atom stereocenters. The van der Waals surface area contributed by atoms with E-state index in [0.717, 1.165) is 0 Å². The van der Waals surface area contributed by atoms with E-state index < -0.39 is 15.9 Å². The lowest BCUT2D eigenvalue weighted by Gasteiger charge is -2.23. The molecular weight excluding hydrogens is 400 g/mol. The van der Waals surface area contributed by atoms with Crippen LogP contribution in [0, 0.1) is 0 Å². The summed E-state index contributed by atoms with van der Waals surface area (Å²) in [6, 6.07) is 21.3. The van der Waals surface area contributed by atoms with E-state index in [9.17, 15) is 18.0 Å². The minimum atomic E-state index is -3.77. The van der Waals surface area contributed by atoms with E-state index in [1.807, 2.05) is 6.07 Å². The summed E-state index contributed by atoms with van der Waals surface area (Å²) >= 11 is 0. The maximum atomic E-state index is 13.0. The molecule has 0 radical (unpaired) electrons. The van der Waals surface area contributed by atoms with Crippen LogP contribution in [0.15, 0.2) is 83.8 Å². The zero-order chi connectivity index (χ0) is 21.7. The fourth-order valence-electron chi connectivity index (χ4n) is 3.08. The average Bonchev–Trinajstić information content (AvgIpc) is 2.75. The zero-order valence-electron chi connectivity index (χ0n) is 16.7. The van der Waals surface area contributed by atoms with Gasteiger partial charge in [0.1, 0.15) is 0 Å². The first-order valence-corrected chi connectivity index (χ1v) is 10.9. The van der Waals surface area contributed by atoms with Crippen LogP contribution in [-0.2, 0) is 10.0 Å². The number of ketones is 1. The smallest absolute Gasteiger partial charge is 0.264 e. The first-order chi connectivity index (χ1) is 14.3. The van der Waals surface area contributed by atoms with Gasteiger partial charge in [0.15, 0.2) is 5.78 Å². The van der Waals surface area contributed by atoms with E-state index >= 15 is 0 Å². The van der Waals surface area contributed by atoms with Gasteiger partial charge >= 0.3 is 0 Å². The Morgan fingerprint density at radius 3 is 2.07 bits per heavy atom. The van der Waals surface area contributed by atoms with Crippen molar-refractivity contribution in [3.8, 4) is 0 Å². The molecule has 0 aromatic heterocycles. The molecule has 30 heavy (non-hydrogen) atoms. The van der Waals surface area contributed by atoms with Gasteiger partial charge in [-0.15, -0.1) is 0 Å². The van der Waals surface area contributed by atoms with Crippen LogP contribution in [-0.4, -0.2) is 26.7 Å². The first-order valence-electron chi connectivity index (χ1n) is 9.43. The van der Waals surface area contributed by atoms with Crippen molar-refractivity contribution in [2.45, 2.75) is 18.7 Å². The number of sulfonamides is 1. The zero-order valence-corrected chi connectivity index (χ0v) is 17.5. The molecule has 0 heterocycles. The van der Waals surface area contributed by atoms with Gasteiger partial charge in [-0.3, -0.25) is 13.9 Å². The molecule has 0 saturated carbocycles. The number of amides is 1. The summed E-state index contributed by atoms with van der Waals surface area (Å²) in [4.78, 5) is 24.4. The maximum absolute atomic E-state index is 13.0. The molecule has 1 amide bonds. The molecule has 0 aliphatic rings. The Labute approximate surface area is 176 Å². The molecule has 0 spiro atoms. The number of rotatable bonds is 7. The SMILES string of the molecule is CCN(c1ccccc1)S(=O)(=O)c1ccc(C(=O)Nc2ccccc2C(C)=O)cc1. The fraction of sp³-hybridized carbons (Fsp3) is 0.130. The summed E-state index contributed by atoms with van der Waals surface area (Å²) in [6.45, 7) is 3.46. The molecule has 6 nitrogen and oxygen atoms in total. The van der Waals surface area contributed by atoms with Crippen LogP contribution >= 0.6 is 0 Å². The summed E-state index contributed by atoms with van der Waals surface area (Å²) < 4.78 is 27.4. The highest BCUT2D eigenvalue weighted by Crippen LogP contribution is 2.24. The summed E-state index contributed by atoms with van der Waals surface area (Å²) in [7, 11) is -3.77. The molecule has 3 aromatic carbocycles. The van der Waals surface area contributed by atoms with Gasteiger partial charge in [-0.25, -0.2) is 8.42 Å². The van der Waals surface area contributed by atoms with Crippen LogP contribution in [0.4, 0.5) is 11.4 Å². The Balaban J connectivity index is 1.84. The standard InChI is InChI=1S/C23H22N2O4S/c1-3-25(19-9-5-4-6-10-19)30(28,29)20-15-13-18(14-16-20)23(27)24-22-12-8-7-11-21(22)17(2)26/h4-16H,3H2,1-2H3,(H,24,27). The number of hydrogen-bond acceptors (Lipinski definition) is 4. The number of benzene rings is 3. The highest BCUT2D eigenvalue weighted by molar-refractivity contribution is 7.92. The minimum absolute atomic E-state index is 0.0916. The number of anilines is 2. The molecule has 0 aliphatic carbocycles. The van der Waals surface area contributed by atoms with Crippen molar-refractivity contribution in [1.82, 2.24) is 0 Å². The monoisotopic (exact) mass is 422 g/mol. The van der Waals surface area contributed by atoms with Gasteiger partial charge in [0.05, 0.1) is 16.3 Å². The van der Waals surface area contributed by atoms with Crippen molar-refractivity contribution in [2.24, 2.45) is 0 Å². The van der Waals surface area contributed by atoms with Crippen LogP contribution in [0.1, 0.15) is 34.6 Å². The molecule has 154 valence electrons. The van der Waals surface area contributed by atoms with Crippen molar-refractivity contribution in [1.29, 1.82) is 0 Å². The summed E-state index contributed by atoms with van der Waals surface area (Å²) in [5, 5.41) is 2.71. The molecule has 3 aromatic rings. The second-order valence-electron chi connectivity index (χ2n) is 6.59. The lowest BCUT2D eigenvalue weighted by Crippen LogP contribution is -2.30. The topological polar surface area (TPSA) is 83.6 Å².